The summed E-state index contributed by atoms with van der Waals surface area (Å²) in [4.78, 5) is 0. The standard InChI is InChI=1S/C8H6N6/c1-4-10-13(5-1)8-3-2-7-11-9-6-14(7)12-8/h1-6H. The van der Waals surface area contributed by atoms with Gasteiger partial charge in [0.25, 0.3) is 0 Å². The van der Waals surface area contributed by atoms with Crippen molar-refractivity contribution in [1.29, 1.82) is 0 Å². The van der Waals surface area contributed by atoms with Gasteiger partial charge in [-0.2, -0.15) is 9.61 Å². The SMILES string of the molecule is c1cnn(-c2ccc3nncn3n2)c1. The summed E-state index contributed by atoms with van der Waals surface area (Å²) in [6.07, 6.45) is 5.10. The Balaban J connectivity index is 2.23. The van der Waals surface area contributed by atoms with Crippen LogP contribution in [0.5, 0.6) is 0 Å². The van der Waals surface area contributed by atoms with Crippen LogP contribution >= 0.6 is 0 Å². The summed E-state index contributed by atoms with van der Waals surface area (Å²) in [7, 11) is 0. The van der Waals surface area contributed by atoms with Crippen LogP contribution in [-0.2, 0) is 0 Å². The lowest BCUT2D eigenvalue weighted by Gasteiger charge is -1.98. The minimum Gasteiger partial charge on any atom is -0.221 e. The first-order valence-corrected chi connectivity index (χ1v) is 4.10. The fraction of sp³-hybridized carbons (Fsp3) is 0. The molecule has 3 rings (SSSR count). The molecule has 0 saturated heterocycles. The number of fused-ring (bicyclic) bond motifs is 1. The van der Waals surface area contributed by atoms with Crippen LogP contribution in [0.25, 0.3) is 11.5 Å². The molecule has 0 aromatic carbocycles. The van der Waals surface area contributed by atoms with E-state index in [9.17, 15) is 0 Å². The smallest absolute Gasteiger partial charge is 0.177 e. The van der Waals surface area contributed by atoms with Crippen molar-refractivity contribution in [2.24, 2.45) is 0 Å². The predicted molar refractivity (Wildman–Crippen MR) is 47.9 cm³/mol. The number of aromatic nitrogens is 6. The third kappa shape index (κ3) is 0.972. The molecule has 0 bridgehead atoms. The van der Waals surface area contributed by atoms with Crippen molar-refractivity contribution >= 4 is 5.65 Å². The summed E-state index contributed by atoms with van der Waals surface area (Å²) in [6.45, 7) is 0. The third-order valence-electron chi connectivity index (χ3n) is 1.89. The first-order chi connectivity index (χ1) is 6.93. The Morgan fingerprint density at radius 3 is 3.07 bits per heavy atom. The van der Waals surface area contributed by atoms with E-state index in [1.165, 1.54) is 0 Å². The maximum atomic E-state index is 4.27. The van der Waals surface area contributed by atoms with Crippen molar-refractivity contribution in [2.45, 2.75) is 0 Å². The Kier molecular flexibility index (Phi) is 1.35. The highest BCUT2D eigenvalue weighted by molar-refractivity contribution is 5.37. The minimum absolute atomic E-state index is 0.723. The number of nitrogens with zero attached hydrogens (tertiary/aromatic N) is 6. The van der Waals surface area contributed by atoms with Crippen LogP contribution in [0.15, 0.2) is 36.9 Å². The largest absolute Gasteiger partial charge is 0.221 e. The zero-order valence-corrected chi connectivity index (χ0v) is 7.15. The zero-order valence-electron chi connectivity index (χ0n) is 7.15. The van der Waals surface area contributed by atoms with E-state index in [-0.39, 0.29) is 0 Å². The molecule has 0 radical (unpaired) electrons. The Morgan fingerprint density at radius 1 is 1.21 bits per heavy atom. The van der Waals surface area contributed by atoms with E-state index in [0.29, 0.717) is 0 Å². The second-order valence-corrected chi connectivity index (χ2v) is 2.78. The molecule has 6 heteroatoms. The number of hydrogen-bond acceptors (Lipinski definition) is 4. The lowest BCUT2D eigenvalue weighted by Crippen LogP contribution is -2.01. The van der Waals surface area contributed by atoms with E-state index in [1.54, 1.807) is 21.7 Å². The molecule has 0 spiro atoms. The highest BCUT2D eigenvalue weighted by atomic mass is 15.4. The van der Waals surface area contributed by atoms with Crippen LogP contribution in [-0.4, -0.2) is 29.6 Å². The molecule has 0 atom stereocenters. The second kappa shape index (κ2) is 2.63. The van der Waals surface area contributed by atoms with Gasteiger partial charge in [-0.05, 0) is 18.2 Å². The molecule has 0 N–H and O–H groups in total. The summed E-state index contributed by atoms with van der Waals surface area (Å²) in [6, 6.07) is 5.53. The Hall–Kier alpha value is -2.24. The molecular weight excluding hydrogens is 180 g/mol. The summed E-state index contributed by atoms with van der Waals surface area (Å²) >= 11 is 0. The third-order valence-corrected chi connectivity index (χ3v) is 1.89. The average Bonchev–Trinajstić information content (AvgIpc) is 2.88. The molecule has 3 aromatic heterocycles. The molecular formula is C8H6N6. The maximum Gasteiger partial charge on any atom is 0.177 e. The van der Waals surface area contributed by atoms with Gasteiger partial charge in [-0.3, -0.25) is 0 Å². The lowest BCUT2D eigenvalue weighted by atomic mass is 10.5. The quantitative estimate of drug-likeness (QED) is 0.548. The Morgan fingerprint density at radius 2 is 2.21 bits per heavy atom. The van der Waals surface area contributed by atoms with Crippen molar-refractivity contribution in [3.63, 3.8) is 0 Å². The predicted octanol–water partition coefficient (Wildman–Crippen LogP) is 0.310. The van der Waals surface area contributed by atoms with Crippen molar-refractivity contribution in [3.05, 3.63) is 36.9 Å². The molecule has 3 heterocycles. The van der Waals surface area contributed by atoms with Gasteiger partial charge in [-0.15, -0.1) is 15.3 Å². The van der Waals surface area contributed by atoms with E-state index >= 15 is 0 Å². The van der Waals surface area contributed by atoms with Crippen LogP contribution in [0.1, 0.15) is 0 Å². The molecule has 0 unspecified atom stereocenters. The van der Waals surface area contributed by atoms with Crippen molar-refractivity contribution < 1.29 is 0 Å². The summed E-state index contributed by atoms with van der Waals surface area (Å²) in [5.41, 5.74) is 0.723. The van der Waals surface area contributed by atoms with Crippen molar-refractivity contribution in [2.75, 3.05) is 0 Å². The molecule has 3 aromatic rings. The van der Waals surface area contributed by atoms with Crippen LogP contribution < -0.4 is 0 Å². The molecule has 14 heavy (non-hydrogen) atoms. The first-order valence-electron chi connectivity index (χ1n) is 4.10. The fourth-order valence-corrected chi connectivity index (χ4v) is 1.24. The van der Waals surface area contributed by atoms with E-state index in [1.807, 2.05) is 24.4 Å². The topological polar surface area (TPSA) is 60.9 Å². The van der Waals surface area contributed by atoms with Gasteiger partial charge in [0.05, 0.1) is 0 Å². The summed E-state index contributed by atoms with van der Waals surface area (Å²) in [5, 5.41) is 16.0. The lowest BCUT2D eigenvalue weighted by molar-refractivity contribution is 0.791. The fourth-order valence-electron chi connectivity index (χ4n) is 1.24. The molecule has 0 saturated carbocycles. The molecule has 6 nitrogen and oxygen atoms in total. The van der Waals surface area contributed by atoms with Crippen molar-refractivity contribution in [1.82, 2.24) is 29.6 Å². The summed E-state index contributed by atoms with van der Waals surface area (Å²) in [5.74, 6) is 0.738. The van der Waals surface area contributed by atoms with Crippen LogP contribution in [0.3, 0.4) is 0 Å². The average molecular weight is 186 g/mol. The molecule has 0 aliphatic heterocycles. The molecule has 0 amide bonds. The zero-order chi connectivity index (χ0) is 9.38. The highest BCUT2D eigenvalue weighted by Gasteiger charge is 2.00. The highest BCUT2D eigenvalue weighted by Crippen LogP contribution is 2.03. The second-order valence-electron chi connectivity index (χ2n) is 2.78. The van der Waals surface area contributed by atoms with Gasteiger partial charge in [0.15, 0.2) is 11.5 Å². The Bertz CT molecular complexity index is 552. The van der Waals surface area contributed by atoms with Crippen LogP contribution in [0.4, 0.5) is 0 Å². The van der Waals surface area contributed by atoms with Gasteiger partial charge in [-0.25, -0.2) is 4.68 Å². The van der Waals surface area contributed by atoms with Gasteiger partial charge in [0.1, 0.15) is 6.33 Å². The van der Waals surface area contributed by atoms with Crippen molar-refractivity contribution in [3.8, 4) is 5.82 Å². The van der Waals surface area contributed by atoms with Crippen LogP contribution in [0, 0.1) is 0 Å². The monoisotopic (exact) mass is 186 g/mol. The van der Waals surface area contributed by atoms with E-state index < -0.39 is 0 Å². The number of rotatable bonds is 1. The van der Waals surface area contributed by atoms with Gasteiger partial charge >= 0.3 is 0 Å². The first kappa shape index (κ1) is 7.19. The number of hydrogen-bond donors (Lipinski definition) is 0. The normalized spacial score (nSPS) is 10.9. The van der Waals surface area contributed by atoms with Crippen LogP contribution in [0.2, 0.25) is 0 Å². The van der Waals surface area contributed by atoms with E-state index in [0.717, 1.165) is 11.5 Å². The molecule has 0 fully saturated rings. The van der Waals surface area contributed by atoms with E-state index in [4.69, 9.17) is 0 Å². The molecule has 68 valence electrons. The van der Waals surface area contributed by atoms with Gasteiger partial charge in [0.2, 0.25) is 0 Å². The maximum absolute atomic E-state index is 4.27. The van der Waals surface area contributed by atoms with Gasteiger partial charge in [-0.1, -0.05) is 0 Å². The van der Waals surface area contributed by atoms with E-state index in [2.05, 4.69) is 20.4 Å². The minimum atomic E-state index is 0.723. The Labute approximate surface area is 78.8 Å². The van der Waals surface area contributed by atoms with Gasteiger partial charge in [0, 0.05) is 12.4 Å². The summed E-state index contributed by atoms with van der Waals surface area (Å²) < 4.78 is 3.29. The molecule has 0 aliphatic rings. The van der Waals surface area contributed by atoms with Gasteiger partial charge < -0.3 is 0 Å². The molecule has 0 aliphatic carbocycles.